The molecule has 2 atom stereocenters. The normalized spacial score (nSPS) is 24.6. The summed E-state index contributed by atoms with van der Waals surface area (Å²) in [7, 11) is 3.52. The average Bonchev–Trinajstić information content (AvgIpc) is 2.27. The van der Waals surface area contributed by atoms with Gasteiger partial charge in [0.05, 0.1) is 13.2 Å². The Morgan fingerprint density at radius 2 is 2.19 bits per heavy atom. The van der Waals surface area contributed by atoms with Crippen LogP contribution in [0.25, 0.3) is 0 Å². The van der Waals surface area contributed by atoms with Crippen LogP contribution in [0.5, 0.6) is 0 Å². The van der Waals surface area contributed by atoms with Crippen LogP contribution in [-0.4, -0.2) is 64.1 Å². The highest BCUT2D eigenvalue weighted by Crippen LogP contribution is 2.10. The van der Waals surface area contributed by atoms with E-state index in [0.29, 0.717) is 12.1 Å². The second-order valence-electron chi connectivity index (χ2n) is 4.66. The first-order valence-electron chi connectivity index (χ1n) is 6.22. The van der Waals surface area contributed by atoms with Gasteiger partial charge in [0.2, 0.25) is 0 Å². The van der Waals surface area contributed by atoms with Gasteiger partial charge in [0.1, 0.15) is 0 Å². The second kappa shape index (κ2) is 8.01. The van der Waals surface area contributed by atoms with Gasteiger partial charge in [0.15, 0.2) is 0 Å². The summed E-state index contributed by atoms with van der Waals surface area (Å²) in [6, 6.07) is 1.05. The smallest absolute Gasteiger partial charge is 0.0613 e. The molecule has 1 fully saturated rings. The molecule has 0 aromatic carbocycles. The maximum atomic E-state index is 5.14. The van der Waals surface area contributed by atoms with Crippen molar-refractivity contribution in [1.29, 1.82) is 0 Å². The van der Waals surface area contributed by atoms with Crippen LogP contribution in [-0.2, 0) is 9.47 Å². The van der Waals surface area contributed by atoms with Crippen molar-refractivity contribution in [2.45, 2.75) is 31.8 Å². The molecule has 4 heteroatoms. The Morgan fingerprint density at radius 1 is 1.38 bits per heavy atom. The summed E-state index contributed by atoms with van der Waals surface area (Å²) in [4.78, 5) is 2.48. The van der Waals surface area contributed by atoms with Gasteiger partial charge in [-0.1, -0.05) is 0 Å². The minimum absolute atomic E-state index is 0.442. The number of hydrogen-bond donors (Lipinski definition) is 1. The molecule has 4 nitrogen and oxygen atoms in total. The topological polar surface area (TPSA) is 33.7 Å². The second-order valence-corrected chi connectivity index (χ2v) is 4.66. The van der Waals surface area contributed by atoms with E-state index in [-0.39, 0.29) is 0 Å². The molecule has 0 spiro atoms. The molecule has 0 amide bonds. The van der Waals surface area contributed by atoms with Gasteiger partial charge >= 0.3 is 0 Å². The van der Waals surface area contributed by atoms with Crippen LogP contribution in [0.15, 0.2) is 0 Å². The van der Waals surface area contributed by atoms with E-state index < -0.39 is 0 Å². The van der Waals surface area contributed by atoms with Crippen molar-refractivity contribution >= 4 is 0 Å². The zero-order valence-electron chi connectivity index (χ0n) is 10.9. The number of nitrogens with one attached hydrogen (secondary N) is 1. The van der Waals surface area contributed by atoms with Crippen LogP contribution in [0.1, 0.15) is 19.8 Å². The van der Waals surface area contributed by atoms with E-state index in [1.165, 1.54) is 19.4 Å². The third-order valence-corrected chi connectivity index (χ3v) is 3.05. The molecule has 1 saturated heterocycles. The molecule has 0 aliphatic carbocycles. The van der Waals surface area contributed by atoms with Crippen LogP contribution >= 0.6 is 0 Å². The van der Waals surface area contributed by atoms with E-state index in [9.17, 15) is 0 Å². The summed E-state index contributed by atoms with van der Waals surface area (Å²) in [5, 5.41) is 3.62. The first-order valence-corrected chi connectivity index (χ1v) is 6.22. The number of likely N-dealkylation sites (tertiary alicyclic amines) is 1. The lowest BCUT2D eigenvalue weighted by molar-refractivity contribution is 0.112. The summed E-state index contributed by atoms with van der Waals surface area (Å²) >= 11 is 0. The predicted octanol–water partition coefficient (Wildman–Crippen LogP) is 0.722. The summed E-state index contributed by atoms with van der Waals surface area (Å²) in [5.41, 5.74) is 0. The van der Waals surface area contributed by atoms with E-state index in [1.54, 1.807) is 14.2 Å². The third-order valence-electron chi connectivity index (χ3n) is 3.05. The average molecular weight is 230 g/mol. The highest BCUT2D eigenvalue weighted by Gasteiger charge is 2.20. The molecule has 2 unspecified atom stereocenters. The summed E-state index contributed by atoms with van der Waals surface area (Å²) in [5.74, 6) is 0. The van der Waals surface area contributed by atoms with Crippen molar-refractivity contribution in [3.05, 3.63) is 0 Å². The van der Waals surface area contributed by atoms with Crippen molar-refractivity contribution in [2.75, 3.05) is 47.1 Å². The van der Waals surface area contributed by atoms with Crippen LogP contribution in [0, 0.1) is 0 Å². The van der Waals surface area contributed by atoms with Crippen molar-refractivity contribution in [2.24, 2.45) is 0 Å². The fraction of sp³-hybridized carbons (Fsp3) is 1.00. The number of methoxy groups -OCH3 is 2. The number of rotatable bonds is 7. The molecule has 1 aliphatic heterocycles. The quantitative estimate of drug-likeness (QED) is 0.699. The third kappa shape index (κ3) is 5.25. The molecular weight excluding hydrogens is 204 g/mol. The lowest BCUT2D eigenvalue weighted by Crippen LogP contribution is -2.50. The minimum Gasteiger partial charge on any atom is -0.383 e. The van der Waals surface area contributed by atoms with Gasteiger partial charge in [-0.3, -0.25) is 4.90 Å². The maximum absolute atomic E-state index is 5.14. The number of ether oxygens (including phenoxy) is 2. The monoisotopic (exact) mass is 230 g/mol. The largest absolute Gasteiger partial charge is 0.383 e. The molecule has 16 heavy (non-hydrogen) atoms. The number of hydrogen-bond acceptors (Lipinski definition) is 4. The highest BCUT2D eigenvalue weighted by molar-refractivity contribution is 4.80. The molecule has 1 rings (SSSR count). The van der Waals surface area contributed by atoms with Crippen molar-refractivity contribution < 1.29 is 9.47 Å². The Labute approximate surface area is 99.3 Å². The van der Waals surface area contributed by atoms with E-state index in [2.05, 4.69) is 17.1 Å². The molecule has 0 radical (unpaired) electrons. The van der Waals surface area contributed by atoms with Crippen LogP contribution < -0.4 is 5.32 Å². The molecule has 1 N–H and O–H groups in total. The zero-order valence-corrected chi connectivity index (χ0v) is 10.9. The summed E-state index contributed by atoms with van der Waals surface area (Å²) in [6.07, 6.45) is 2.55. The van der Waals surface area contributed by atoms with Crippen molar-refractivity contribution in [3.8, 4) is 0 Å². The number of piperidine rings is 1. The predicted molar refractivity (Wildman–Crippen MR) is 65.8 cm³/mol. The molecule has 0 aromatic rings. The molecule has 1 heterocycles. The molecule has 1 aliphatic rings. The Kier molecular flexibility index (Phi) is 6.96. The fourth-order valence-electron chi connectivity index (χ4n) is 2.32. The zero-order chi connectivity index (χ0) is 11.8. The van der Waals surface area contributed by atoms with Crippen molar-refractivity contribution in [1.82, 2.24) is 10.2 Å². The maximum Gasteiger partial charge on any atom is 0.0613 e. The summed E-state index contributed by atoms with van der Waals surface area (Å²) < 4.78 is 10.3. The van der Waals surface area contributed by atoms with Gasteiger partial charge in [-0.25, -0.2) is 0 Å². The van der Waals surface area contributed by atoms with Gasteiger partial charge < -0.3 is 14.8 Å². The first kappa shape index (κ1) is 13.9. The van der Waals surface area contributed by atoms with Crippen LogP contribution in [0.2, 0.25) is 0 Å². The molecule has 0 saturated carbocycles. The van der Waals surface area contributed by atoms with Gasteiger partial charge in [-0.05, 0) is 26.3 Å². The van der Waals surface area contributed by atoms with Gasteiger partial charge in [0.25, 0.3) is 0 Å². The van der Waals surface area contributed by atoms with Gasteiger partial charge in [-0.15, -0.1) is 0 Å². The molecular formula is C12H26N2O2. The fourth-order valence-corrected chi connectivity index (χ4v) is 2.32. The van der Waals surface area contributed by atoms with Crippen LogP contribution in [0.4, 0.5) is 0 Å². The molecule has 96 valence electrons. The Hall–Kier alpha value is -0.160. The lowest BCUT2D eigenvalue weighted by Gasteiger charge is -2.34. The Bertz CT molecular complexity index is 178. The van der Waals surface area contributed by atoms with Crippen LogP contribution in [0.3, 0.4) is 0 Å². The van der Waals surface area contributed by atoms with E-state index in [4.69, 9.17) is 9.47 Å². The van der Waals surface area contributed by atoms with E-state index in [1.807, 2.05) is 0 Å². The molecule has 0 bridgehead atoms. The van der Waals surface area contributed by atoms with E-state index >= 15 is 0 Å². The van der Waals surface area contributed by atoms with Gasteiger partial charge in [-0.2, -0.15) is 0 Å². The summed E-state index contributed by atoms with van der Waals surface area (Å²) in [6.45, 7) is 7.19. The highest BCUT2D eigenvalue weighted by atomic mass is 16.5. The minimum atomic E-state index is 0.442. The van der Waals surface area contributed by atoms with Crippen molar-refractivity contribution in [3.63, 3.8) is 0 Å². The Balaban J connectivity index is 2.21. The standard InChI is InChI=1S/C12H26N2O2/c1-11(10-16-3)13-12-5-4-6-14(9-12)7-8-15-2/h11-13H,4-10H2,1-3H3. The number of nitrogens with zero attached hydrogens (tertiary/aromatic N) is 1. The SMILES string of the molecule is COCCN1CCCC(NC(C)COC)C1. The Morgan fingerprint density at radius 3 is 2.88 bits per heavy atom. The first-order chi connectivity index (χ1) is 7.76. The molecule has 0 aromatic heterocycles. The van der Waals surface area contributed by atoms with E-state index in [0.717, 1.165) is 26.3 Å². The lowest BCUT2D eigenvalue weighted by atomic mass is 10.0. The van der Waals surface area contributed by atoms with Gasteiger partial charge in [0, 0.05) is 39.4 Å².